The number of hydrogen-bond acceptors (Lipinski definition) is 7. The fourth-order valence-corrected chi connectivity index (χ4v) is 3.87. The Morgan fingerprint density at radius 1 is 1.12 bits per heavy atom. The average Bonchev–Trinajstić information content (AvgIpc) is 2.93. The van der Waals surface area contributed by atoms with Gasteiger partial charge in [-0.2, -0.15) is 5.26 Å². The third kappa shape index (κ3) is 5.01. The van der Waals surface area contributed by atoms with Gasteiger partial charge in [-0.3, -0.25) is 0 Å². The van der Waals surface area contributed by atoms with Gasteiger partial charge in [0.15, 0.2) is 17.2 Å². The molecule has 0 saturated carbocycles. The Morgan fingerprint density at radius 3 is 2.30 bits per heavy atom. The third-order valence-corrected chi connectivity index (χ3v) is 5.64. The van der Waals surface area contributed by atoms with E-state index in [1.807, 2.05) is 6.07 Å². The normalized spacial score (nSPS) is 17.9. The summed E-state index contributed by atoms with van der Waals surface area (Å²) in [5.74, 6) is -1.23. The lowest BCUT2D eigenvalue weighted by Gasteiger charge is -2.34. The van der Waals surface area contributed by atoms with Crippen molar-refractivity contribution < 1.29 is 34.1 Å². The molecule has 3 rings (SSSR count). The highest BCUT2D eigenvalue weighted by atomic mass is 16.7. The number of carboxylic acid groups (broad SMARTS) is 2. The first-order chi connectivity index (χ1) is 15.7. The van der Waals surface area contributed by atoms with Gasteiger partial charge in [0, 0.05) is 17.6 Å². The summed E-state index contributed by atoms with van der Waals surface area (Å²) >= 11 is 0. The van der Waals surface area contributed by atoms with Crippen molar-refractivity contribution in [2.75, 3.05) is 25.8 Å². The fraction of sp³-hybridized carbons (Fsp3) is 0.292. The maximum absolute atomic E-state index is 12.0. The largest absolute Gasteiger partial charge is 0.493 e. The van der Waals surface area contributed by atoms with E-state index in [0.29, 0.717) is 41.3 Å². The Balaban J connectivity index is 2.12. The number of carbonyl (C=O) groups is 2. The van der Waals surface area contributed by atoms with Gasteiger partial charge < -0.3 is 24.5 Å². The number of hydroxylamine groups is 1. The molecule has 0 aromatic heterocycles. The molecule has 2 aromatic rings. The highest BCUT2D eigenvalue weighted by Gasteiger charge is 2.40. The number of fused-ring (bicyclic) bond motifs is 1. The highest BCUT2D eigenvalue weighted by molar-refractivity contribution is 5.96. The van der Waals surface area contributed by atoms with Gasteiger partial charge in [-0.15, -0.1) is 0 Å². The molecule has 0 fully saturated rings. The quantitative estimate of drug-likeness (QED) is 0.607. The lowest BCUT2D eigenvalue weighted by Crippen LogP contribution is -2.40. The van der Waals surface area contributed by atoms with Crippen LogP contribution in [0.5, 0.6) is 17.2 Å². The van der Waals surface area contributed by atoms with Crippen LogP contribution in [0.15, 0.2) is 48.0 Å². The molecular weight excluding hydrogens is 428 g/mol. The molecule has 0 spiro atoms. The average molecular weight is 452 g/mol. The van der Waals surface area contributed by atoms with E-state index in [9.17, 15) is 19.8 Å². The van der Waals surface area contributed by atoms with Gasteiger partial charge in [-0.25, -0.2) is 14.7 Å². The molecule has 2 N–H and O–H groups in total. The number of ether oxygens (including phenoxy) is 2. The highest BCUT2D eigenvalue weighted by Crippen LogP contribution is 2.44. The molecule has 172 valence electrons. The number of carboxylic acids is 2. The summed E-state index contributed by atoms with van der Waals surface area (Å²) in [6.07, 6.45) is 1.54. The topological polar surface area (TPSA) is 129 Å². The SMILES string of the molecule is COc1cc2c(cc1OC)N(Oc1ccc(C#N)cc1)CC(C)(C(=CC(=O)O)C(=O)O)CC2. The summed E-state index contributed by atoms with van der Waals surface area (Å²) < 4.78 is 10.9. The van der Waals surface area contributed by atoms with Crippen molar-refractivity contribution in [1.29, 1.82) is 5.26 Å². The second kappa shape index (κ2) is 9.53. The molecule has 1 unspecified atom stereocenters. The minimum atomic E-state index is -1.33. The van der Waals surface area contributed by atoms with Crippen molar-refractivity contribution in [2.45, 2.75) is 19.8 Å². The van der Waals surface area contributed by atoms with E-state index in [0.717, 1.165) is 11.6 Å². The smallest absolute Gasteiger partial charge is 0.332 e. The van der Waals surface area contributed by atoms with Crippen LogP contribution in [0.1, 0.15) is 24.5 Å². The number of methoxy groups -OCH3 is 2. The van der Waals surface area contributed by atoms with E-state index < -0.39 is 17.4 Å². The van der Waals surface area contributed by atoms with Crippen molar-refractivity contribution >= 4 is 17.6 Å². The minimum Gasteiger partial charge on any atom is -0.493 e. The second-order valence-corrected chi connectivity index (χ2v) is 7.86. The summed E-state index contributed by atoms with van der Waals surface area (Å²) in [5.41, 5.74) is 0.643. The van der Waals surface area contributed by atoms with Gasteiger partial charge in [0.25, 0.3) is 0 Å². The van der Waals surface area contributed by atoms with Crippen molar-refractivity contribution in [3.63, 3.8) is 0 Å². The number of rotatable bonds is 7. The zero-order chi connectivity index (χ0) is 24.2. The van der Waals surface area contributed by atoms with E-state index in [1.165, 1.54) is 19.3 Å². The lowest BCUT2D eigenvalue weighted by atomic mass is 9.77. The molecule has 33 heavy (non-hydrogen) atoms. The molecular formula is C24H24N2O7. The summed E-state index contributed by atoms with van der Waals surface area (Å²) in [6.45, 7) is 1.76. The number of hydrogen-bond donors (Lipinski definition) is 2. The van der Waals surface area contributed by atoms with Crippen molar-refractivity contribution in [2.24, 2.45) is 5.41 Å². The minimum absolute atomic E-state index is 0.0564. The molecule has 2 aromatic carbocycles. The van der Waals surface area contributed by atoms with Crippen molar-refractivity contribution in [3.8, 4) is 23.3 Å². The first-order valence-electron chi connectivity index (χ1n) is 10.1. The number of benzene rings is 2. The van der Waals surface area contributed by atoms with E-state index in [1.54, 1.807) is 43.3 Å². The van der Waals surface area contributed by atoms with Crippen LogP contribution in [0.25, 0.3) is 0 Å². The third-order valence-electron chi connectivity index (χ3n) is 5.64. The number of nitrogens with zero attached hydrogens (tertiary/aromatic N) is 2. The fourth-order valence-electron chi connectivity index (χ4n) is 3.87. The number of nitriles is 1. The van der Waals surface area contributed by atoms with Crippen LogP contribution in [0.2, 0.25) is 0 Å². The molecule has 9 nitrogen and oxygen atoms in total. The molecule has 0 radical (unpaired) electrons. The standard InChI is InChI=1S/C24H24N2O7/c1-24(18(23(29)30)11-22(27)28)9-8-16-10-20(31-2)21(32-3)12-19(16)26(14-24)33-17-6-4-15(13-25)5-7-17/h4-7,10-12H,8-9,14H2,1-3H3,(H,27,28)(H,29,30). The number of anilines is 1. The van der Waals surface area contributed by atoms with Gasteiger partial charge >= 0.3 is 11.9 Å². The Morgan fingerprint density at radius 2 is 1.76 bits per heavy atom. The summed E-state index contributed by atoms with van der Waals surface area (Å²) in [6, 6.07) is 12.1. The summed E-state index contributed by atoms with van der Waals surface area (Å²) in [4.78, 5) is 29.5. The first kappa shape index (κ1) is 23.5. The molecule has 0 saturated heterocycles. The monoisotopic (exact) mass is 452 g/mol. The Kier molecular flexibility index (Phi) is 6.78. The molecule has 1 aliphatic rings. The van der Waals surface area contributed by atoms with Crippen molar-refractivity contribution in [1.82, 2.24) is 0 Å². The molecule has 9 heteroatoms. The van der Waals surface area contributed by atoms with Crippen LogP contribution >= 0.6 is 0 Å². The Labute approximate surface area is 191 Å². The zero-order valence-corrected chi connectivity index (χ0v) is 18.5. The predicted molar refractivity (Wildman–Crippen MR) is 118 cm³/mol. The molecule has 1 heterocycles. The maximum atomic E-state index is 12.0. The predicted octanol–water partition coefficient (Wildman–Crippen LogP) is 3.42. The summed E-state index contributed by atoms with van der Waals surface area (Å²) in [5, 5.41) is 29.6. The second-order valence-electron chi connectivity index (χ2n) is 7.86. The molecule has 1 atom stereocenters. The molecule has 1 aliphatic heterocycles. The maximum Gasteiger partial charge on any atom is 0.332 e. The lowest BCUT2D eigenvalue weighted by molar-refractivity contribution is -0.136. The van der Waals surface area contributed by atoms with Crippen LogP contribution in [0, 0.1) is 16.7 Å². The van der Waals surface area contributed by atoms with Gasteiger partial charge in [0.05, 0.1) is 43.7 Å². The van der Waals surface area contributed by atoms with E-state index in [4.69, 9.17) is 19.6 Å². The van der Waals surface area contributed by atoms with Crippen LogP contribution < -0.4 is 19.4 Å². The van der Waals surface area contributed by atoms with E-state index in [-0.39, 0.29) is 12.1 Å². The number of aliphatic carboxylic acids is 2. The van der Waals surface area contributed by atoms with Crippen LogP contribution in [0.4, 0.5) is 5.69 Å². The zero-order valence-electron chi connectivity index (χ0n) is 18.5. The van der Waals surface area contributed by atoms with Gasteiger partial charge in [0.2, 0.25) is 0 Å². The summed E-state index contributed by atoms with van der Waals surface area (Å²) in [7, 11) is 3.03. The van der Waals surface area contributed by atoms with Gasteiger partial charge in [-0.1, -0.05) is 6.92 Å². The van der Waals surface area contributed by atoms with Crippen LogP contribution in [0.3, 0.4) is 0 Å². The Hall–Kier alpha value is -4.19. The van der Waals surface area contributed by atoms with Gasteiger partial charge in [0.1, 0.15) is 0 Å². The molecule has 0 bridgehead atoms. The van der Waals surface area contributed by atoms with E-state index in [2.05, 4.69) is 0 Å². The van der Waals surface area contributed by atoms with Crippen LogP contribution in [-0.4, -0.2) is 42.9 Å². The first-order valence-corrected chi connectivity index (χ1v) is 10.1. The van der Waals surface area contributed by atoms with Crippen LogP contribution in [-0.2, 0) is 16.0 Å². The van der Waals surface area contributed by atoms with Crippen molar-refractivity contribution in [3.05, 3.63) is 59.2 Å². The molecule has 0 amide bonds. The van der Waals surface area contributed by atoms with E-state index >= 15 is 0 Å². The van der Waals surface area contributed by atoms with Gasteiger partial charge in [-0.05, 0) is 48.7 Å². The Bertz CT molecular complexity index is 1130. The number of aryl methyl sites for hydroxylation is 1. The molecule has 0 aliphatic carbocycles.